The molecule has 1 aromatic carbocycles. The van der Waals surface area contributed by atoms with Crippen LogP contribution < -0.4 is 14.8 Å². The Morgan fingerprint density at radius 1 is 1.06 bits per heavy atom. The zero-order valence-corrected chi connectivity index (χ0v) is 20.1. The molecule has 2 heterocycles. The lowest BCUT2D eigenvalue weighted by Gasteiger charge is -2.28. The summed E-state index contributed by atoms with van der Waals surface area (Å²) >= 11 is 0. The standard InChI is InChI=1S/C25H35N3O5/c1-5-6-11-26-25(30)28(13-18(2)3)16-24(29)27(15-21-9-7-19(4)33-21)14-20-8-10-22-23(12-20)32-17-31-22/h7-10,12,18H,5-6,11,13-17H2,1-4H3,(H,26,30). The normalized spacial score (nSPS) is 12.2. The Labute approximate surface area is 195 Å². The Morgan fingerprint density at radius 3 is 2.55 bits per heavy atom. The number of unbranched alkanes of at least 4 members (excludes halogenated alkanes) is 1. The molecule has 0 atom stereocenters. The van der Waals surface area contributed by atoms with E-state index in [1.54, 1.807) is 9.80 Å². The van der Waals surface area contributed by atoms with Gasteiger partial charge in [0.1, 0.15) is 18.1 Å². The van der Waals surface area contributed by atoms with E-state index in [-0.39, 0.29) is 31.2 Å². The van der Waals surface area contributed by atoms with E-state index < -0.39 is 0 Å². The van der Waals surface area contributed by atoms with Crippen molar-refractivity contribution in [3.63, 3.8) is 0 Å². The van der Waals surface area contributed by atoms with Gasteiger partial charge < -0.3 is 29.0 Å². The molecule has 1 N–H and O–H groups in total. The van der Waals surface area contributed by atoms with E-state index in [0.717, 1.165) is 24.2 Å². The number of benzene rings is 1. The lowest BCUT2D eigenvalue weighted by Crippen LogP contribution is -2.47. The minimum atomic E-state index is -0.206. The Balaban J connectivity index is 1.75. The van der Waals surface area contributed by atoms with Crippen molar-refractivity contribution in [1.82, 2.24) is 15.1 Å². The van der Waals surface area contributed by atoms with Gasteiger partial charge in [-0.05, 0) is 49.1 Å². The Kier molecular flexibility index (Phi) is 8.63. The van der Waals surface area contributed by atoms with Gasteiger partial charge in [-0.3, -0.25) is 4.79 Å². The molecule has 180 valence electrons. The van der Waals surface area contributed by atoms with Crippen molar-refractivity contribution in [2.45, 2.75) is 53.6 Å². The summed E-state index contributed by atoms with van der Waals surface area (Å²) in [5, 5.41) is 2.93. The van der Waals surface area contributed by atoms with Gasteiger partial charge >= 0.3 is 6.03 Å². The molecule has 33 heavy (non-hydrogen) atoms. The number of aryl methyl sites for hydroxylation is 1. The van der Waals surface area contributed by atoms with E-state index in [4.69, 9.17) is 13.9 Å². The third-order valence-corrected chi connectivity index (χ3v) is 5.31. The first-order chi connectivity index (χ1) is 15.9. The van der Waals surface area contributed by atoms with E-state index in [1.165, 1.54) is 0 Å². The summed E-state index contributed by atoms with van der Waals surface area (Å²) in [5.74, 6) is 2.95. The maximum atomic E-state index is 13.4. The molecule has 3 rings (SSSR count). The van der Waals surface area contributed by atoms with Crippen molar-refractivity contribution in [1.29, 1.82) is 0 Å². The average molecular weight is 458 g/mol. The molecule has 1 aromatic heterocycles. The average Bonchev–Trinajstić information content (AvgIpc) is 3.40. The number of nitrogens with one attached hydrogen (secondary N) is 1. The molecule has 1 aliphatic heterocycles. The lowest BCUT2D eigenvalue weighted by molar-refractivity contribution is -0.133. The predicted octanol–water partition coefficient (Wildman–Crippen LogP) is 4.31. The highest BCUT2D eigenvalue weighted by molar-refractivity contribution is 5.84. The number of urea groups is 1. The first kappa shape index (κ1) is 24.5. The van der Waals surface area contributed by atoms with Crippen molar-refractivity contribution < 1.29 is 23.5 Å². The Bertz CT molecular complexity index is 940. The van der Waals surface area contributed by atoms with Crippen LogP contribution in [-0.2, 0) is 17.9 Å². The highest BCUT2D eigenvalue weighted by Crippen LogP contribution is 2.33. The number of hydrogen-bond acceptors (Lipinski definition) is 5. The predicted molar refractivity (Wildman–Crippen MR) is 125 cm³/mol. The number of carbonyl (C=O) groups excluding carboxylic acids is 2. The molecular weight excluding hydrogens is 422 g/mol. The minimum Gasteiger partial charge on any atom is -0.464 e. The third-order valence-electron chi connectivity index (χ3n) is 5.31. The first-order valence-electron chi connectivity index (χ1n) is 11.6. The van der Waals surface area contributed by atoms with Crippen LogP contribution in [-0.4, -0.2) is 48.2 Å². The van der Waals surface area contributed by atoms with Gasteiger partial charge in [0.05, 0.1) is 6.54 Å². The van der Waals surface area contributed by atoms with Gasteiger partial charge in [0.25, 0.3) is 0 Å². The molecule has 0 radical (unpaired) electrons. The summed E-state index contributed by atoms with van der Waals surface area (Å²) in [6, 6.07) is 9.21. The summed E-state index contributed by atoms with van der Waals surface area (Å²) in [6.07, 6.45) is 1.90. The van der Waals surface area contributed by atoms with Crippen LogP contribution in [0.15, 0.2) is 34.7 Å². The van der Waals surface area contributed by atoms with Gasteiger partial charge in [0, 0.05) is 19.6 Å². The molecule has 0 unspecified atom stereocenters. The summed E-state index contributed by atoms with van der Waals surface area (Å²) in [4.78, 5) is 29.5. The molecule has 8 nitrogen and oxygen atoms in total. The molecular formula is C25H35N3O5. The summed E-state index contributed by atoms with van der Waals surface area (Å²) in [6.45, 7) is 10.00. The lowest BCUT2D eigenvalue weighted by atomic mass is 10.1. The topological polar surface area (TPSA) is 84.3 Å². The van der Waals surface area contributed by atoms with Gasteiger partial charge in [-0.15, -0.1) is 0 Å². The number of amides is 3. The molecule has 0 saturated heterocycles. The molecule has 0 fully saturated rings. The van der Waals surface area contributed by atoms with Gasteiger partial charge in [-0.25, -0.2) is 4.79 Å². The summed E-state index contributed by atoms with van der Waals surface area (Å²) in [7, 11) is 0. The monoisotopic (exact) mass is 457 g/mol. The SMILES string of the molecule is CCCCNC(=O)N(CC(=O)N(Cc1ccc2c(c1)OCO2)Cc1ccc(C)o1)CC(C)C. The number of furan rings is 1. The molecule has 8 heteroatoms. The number of carbonyl (C=O) groups is 2. The summed E-state index contributed by atoms with van der Waals surface area (Å²) in [5.41, 5.74) is 0.915. The van der Waals surface area contributed by atoms with Crippen LogP contribution in [0.1, 0.15) is 50.7 Å². The Morgan fingerprint density at radius 2 is 1.85 bits per heavy atom. The van der Waals surface area contributed by atoms with Crippen molar-refractivity contribution >= 4 is 11.9 Å². The number of nitrogens with zero attached hydrogens (tertiary/aromatic N) is 2. The van der Waals surface area contributed by atoms with Crippen LogP contribution in [0.5, 0.6) is 11.5 Å². The Hall–Kier alpha value is -3.16. The van der Waals surface area contributed by atoms with Crippen LogP contribution in [0.3, 0.4) is 0 Å². The van der Waals surface area contributed by atoms with Crippen LogP contribution in [0.25, 0.3) is 0 Å². The molecule has 2 aromatic rings. The van der Waals surface area contributed by atoms with Gasteiger partial charge in [-0.1, -0.05) is 33.3 Å². The van der Waals surface area contributed by atoms with Crippen molar-refractivity contribution in [3.05, 3.63) is 47.4 Å². The molecule has 3 amide bonds. The van der Waals surface area contributed by atoms with E-state index in [1.807, 2.05) is 51.1 Å². The fourth-order valence-corrected chi connectivity index (χ4v) is 3.66. The molecule has 0 bridgehead atoms. The largest absolute Gasteiger partial charge is 0.464 e. The van der Waals surface area contributed by atoms with Gasteiger partial charge in [0.2, 0.25) is 12.7 Å². The van der Waals surface area contributed by atoms with E-state index in [0.29, 0.717) is 43.4 Å². The molecule has 1 aliphatic rings. The second kappa shape index (κ2) is 11.6. The van der Waals surface area contributed by atoms with Gasteiger partial charge in [0.15, 0.2) is 11.5 Å². The van der Waals surface area contributed by atoms with E-state index >= 15 is 0 Å². The molecule has 0 saturated carbocycles. The molecule has 0 spiro atoms. The first-order valence-corrected chi connectivity index (χ1v) is 11.6. The zero-order chi connectivity index (χ0) is 23.8. The van der Waals surface area contributed by atoms with Crippen LogP contribution in [0, 0.1) is 12.8 Å². The fourth-order valence-electron chi connectivity index (χ4n) is 3.66. The maximum Gasteiger partial charge on any atom is 0.317 e. The quantitative estimate of drug-likeness (QED) is 0.508. The minimum absolute atomic E-state index is 0.000378. The second-order valence-corrected chi connectivity index (χ2v) is 8.81. The second-order valence-electron chi connectivity index (χ2n) is 8.81. The van der Waals surface area contributed by atoms with Gasteiger partial charge in [-0.2, -0.15) is 0 Å². The third kappa shape index (κ3) is 7.17. The highest BCUT2D eigenvalue weighted by Gasteiger charge is 2.24. The van der Waals surface area contributed by atoms with Crippen molar-refractivity contribution in [2.24, 2.45) is 5.92 Å². The van der Waals surface area contributed by atoms with E-state index in [9.17, 15) is 9.59 Å². The number of rotatable bonds is 11. The van der Waals surface area contributed by atoms with Crippen LogP contribution in [0.4, 0.5) is 4.79 Å². The maximum absolute atomic E-state index is 13.4. The number of hydrogen-bond donors (Lipinski definition) is 1. The van der Waals surface area contributed by atoms with Crippen LogP contribution in [0.2, 0.25) is 0 Å². The number of ether oxygens (including phenoxy) is 2. The van der Waals surface area contributed by atoms with E-state index in [2.05, 4.69) is 12.2 Å². The highest BCUT2D eigenvalue weighted by atomic mass is 16.7. The summed E-state index contributed by atoms with van der Waals surface area (Å²) < 4.78 is 16.6. The fraction of sp³-hybridized carbons (Fsp3) is 0.520. The smallest absolute Gasteiger partial charge is 0.317 e. The van der Waals surface area contributed by atoms with Crippen molar-refractivity contribution in [2.75, 3.05) is 26.4 Å². The zero-order valence-electron chi connectivity index (χ0n) is 20.1. The van der Waals surface area contributed by atoms with Crippen molar-refractivity contribution in [3.8, 4) is 11.5 Å². The number of fused-ring (bicyclic) bond motifs is 1. The van der Waals surface area contributed by atoms with Crippen LogP contribution >= 0.6 is 0 Å². The molecule has 0 aliphatic carbocycles.